The SMILES string of the molecule is CC1(CNC2CCCS(=O)(=O)C2)CCC1. The Morgan fingerprint density at radius 1 is 1.33 bits per heavy atom. The monoisotopic (exact) mass is 231 g/mol. The van der Waals surface area contributed by atoms with Crippen LogP contribution in [0.1, 0.15) is 39.0 Å². The molecule has 0 amide bonds. The van der Waals surface area contributed by atoms with Crippen LogP contribution >= 0.6 is 0 Å². The van der Waals surface area contributed by atoms with E-state index in [1.165, 1.54) is 19.3 Å². The third kappa shape index (κ3) is 2.94. The Bertz CT molecular complexity index is 319. The Morgan fingerprint density at radius 3 is 2.60 bits per heavy atom. The van der Waals surface area contributed by atoms with Crippen molar-refractivity contribution in [3.05, 3.63) is 0 Å². The summed E-state index contributed by atoms with van der Waals surface area (Å²) in [5, 5.41) is 3.44. The van der Waals surface area contributed by atoms with E-state index in [1.807, 2.05) is 0 Å². The molecule has 1 aliphatic carbocycles. The van der Waals surface area contributed by atoms with Gasteiger partial charge in [0.1, 0.15) is 0 Å². The molecule has 1 atom stereocenters. The van der Waals surface area contributed by atoms with Gasteiger partial charge >= 0.3 is 0 Å². The molecule has 2 fully saturated rings. The van der Waals surface area contributed by atoms with Crippen LogP contribution in [0.2, 0.25) is 0 Å². The largest absolute Gasteiger partial charge is 0.312 e. The molecule has 88 valence electrons. The van der Waals surface area contributed by atoms with E-state index in [0.717, 1.165) is 19.4 Å². The highest BCUT2D eigenvalue weighted by Gasteiger charge is 2.33. The summed E-state index contributed by atoms with van der Waals surface area (Å²) in [5.74, 6) is 0.742. The smallest absolute Gasteiger partial charge is 0.151 e. The average molecular weight is 231 g/mol. The highest BCUT2D eigenvalue weighted by molar-refractivity contribution is 7.91. The Balaban J connectivity index is 1.79. The molecule has 1 unspecified atom stereocenters. The number of rotatable bonds is 3. The first kappa shape index (κ1) is 11.4. The van der Waals surface area contributed by atoms with Gasteiger partial charge in [0.05, 0.1) is 11.5 Å². The summed E-state index contributed by atoms with van der Waals surface area (Å²) in [6.45, 7) is 3.29. The molecule has 3 nitrogen and oxygen atoms in total. The van der Waals surface area contributed by atoms with Gasteiger partial charge in [-0.1, -0.05) is 13.3 Å². The Labute approximate surface area is 92.6 Å². The fraction of sp³-hybridized carbons (Fsp3) is 1.00. The van der Waals surface area contributed by atoms with Crippen LogP contribution < -0.4 is 5.32 Å². The van der Waals surface area contributed by atoms with Crippen LogP contribution in [0.3, 0.4) is 0 Å². The van der Waals surface area contributed by atoms with E-state index in [9.17, 15) is 8.42 Å². The molecule has 2 aliphatic rings. The summed E-state index contributed by atoms with van der Waals surface area (Å²) in [6.07, 6.45) is 5.77. The van der Waals surface area contributed by atoms with Crippen LogP contribution in [0.5, 0.6) is 0 Å². The Kier molecular flexibility index (Phi) is 3.08. The lowest BCUT2D eigenvalue weighted by Crippen LogP contribution is -2.46. The molecule has 1 saturated heterocycles. The van der Waals surface area contributed by atoms with Crippen molar-refractivity contribution in [2.45, 2.75) is 45.1 Å². The molecule has 0 spiro atoms. The zero-order valence-electron chi connectivity index (χ0n) is 9.46. The van der Waals surface area contributed by atoms with Gasteiger partial charge in [-0.25, -0.2) is 8.42 Å². The molecule has 1 saturated carbocycles. The number of nitrogens with one attached hydrogen (secondary N) is 1. The maximum Gasteiger partial charge on any atom is 0.151 e. The third-order valence-corrected chi connectivity index (χ3v) is 5.66. The summed E-state index contributed by atoms with van der Waals surface area (Å²) in [7, 11) is -2.75. The standard InChI is InChI=1S/C11H21NO2S/c1-11(5-3-6-11)9-12-10-4-2-7-15(13,14)8-10/h10,12H,2-9H2,1H3. The van der Waals surface area contributed by atoms with Crippen LogP contribution in [-0.4, -0.2) is 32.5 Å². The first-order valence-corrected chi connectivity index (χ1v) is 7.75. The lowest BCUT2D eigenvalue weighted by Gasteiger charge is -2.40. The van der Waals surface area contributed by atoms with Crippen molar-refractivity contribution < 1.29 is 8.42 Å². The maximum atomic E-state index is 11.4. The predicted molar refractivity (Wildman–Crippen MR) is 61.6 cm³/mol. The summed E-state index contributed by atoms with van der Waals surface area (Å²) in [4.78, 5) is 0. The summed E-state index contributed by atoms with van der Waals surface area (Å²) in [5.41, 5.74) is 0.446. The second-order valence-corrected chi connectivity index (χ2v) is 7.73. The van der Waals surface area contributed by atoms with Gasteiger partial charge in [0, 0.05) is 12.6 Å². The molecule has 0 aromatic carbocycles. The summed E-state index contributed by atoms with van der Waals surface area (Å²) < 4.78 is 22.9. The quantitative estimate of drug-likeness (QED) is 0.797. The highest BCUT2D eigenvalue weighted by Crippen LogP contribution is 2.39. The van der Waals surface area contributed by atoms with Gasteiger partial charge in [-0.2, -0.15) is 0 Å². The van der Waals surface area contributed by atoms with Gasteiger partial charge in [-0.3, -0.25) is 0 Å². The summed E-state index contributed by atoms with van der Waals surface area (Å²) >= 11 is 0. The van der Waals surface area contributed by atoms with Crippen molar-refractivity contribution in [2.24, 2.45) is 5.41 Å². The molecule has 1 heterocycles. The highest BCUT2D eigenvalue weighted by atomic mass is 32.2. The van der Waals surface area contributed by atoms with Crippen molar-refractivity contribution >= 4 is 9.84 Å². The molecular weight excluding hydrogens is 210 g/mol. The lowest BCUT2D eigenvalue weighted by atomic mass is 9.70. The van der Waals surface area contributed by atoms with Crippen molar-refractivity contribution in [1.29, 1.82) is 0 Å². The predicted octanol–water partition coefficient (Wildman–Crippen LogP) is 1.34. The van der Waals surface area contributed by atoms with Crippen molar-refractivity contribution in [3.63, 3.8) is 0 Å². The number of hydrogen-bond acceptors (Lipinski definition) is 3. The van der Waals surface area contributed by atoms with Gasteiger partial charge in [0.2, 0.25) is 0 Å². The van der Waals surface area contributed by atoms with E-state index in [4.69, 9.17) is 0 Å². The zero-order chi connectivity index (χ0) is 10.9. The van der Waals surface area contributed by atoms with Crippen LogP contribution in [0.4, 0.5) is 0 Å². The normalized spacial score (nSPS) is 33.3. The molecule has 2 rings (SSSR count). The summed E-state index contributed by atoms with van der Waals surface area (Å²) in [6, 6.07) is 0.209. The molecule has 0 aromatic rings. The van der Waals surface area contributed by atoms with Crippen molar-refractivity contribution in [3.8, 4) is 0 Å². The lowest BCUT2D eigenvalue weighted by molar-refractivity contribution is 0.151. The molecule has 15 heavy (non-hydrogen) atoms. The fourth-order valence-corrected chi connectivity index (χ4v) is 4.20. The molecule has 0 aromatic heterocycles. The average Bonchev–Trinajstić information content (AvgIpc) is 2.10. The topological polar surface area (TPSA) is 46.2 Å². The minimum Gasteiger partial charge on any atom is -0.312 e. The van der Waals surface area contributed by atoms with Gasteiger partial charge < -0.3 is 5.32 Å². The minimum absolute atomic E-state index is 0.209. The van der Waals surface area contributed by atoms with Crippen LogP contribution in [0.25, 0.3) is 0 Å². The van der Waals surface area contributed by atoms with E-state index < -0.39 is 9.84 Å². The van der Waals surface area contributed by atoms with Crippen LogP contribution in [0, 0.1) is 5.41 Å². The van der Waals surface area contributed by atoms with Gasteiger partial charge in [-0.15, -0.1) is 0 Å². The first-order chi connectivity index (χ1) is 6.99. The van der Waals surface area contributed by atoms with E-state index in [0.29, 0.717) is 16.9 Å². The molecule has 4 heteroatoms. The number of hydrogen-bond donors (Lipinski definition) is 1. The maximum absolute atomic E-state index is 11.4. The second kappa shape index (κ2) is 4.06. The fourth-order valence-electron chi connectivity index (χ4n) is 2.53. The molecular formula is C11H21NO2S. The Morgan fingerprint density at radius 2 is 2.07 bits per heavy atom. The van der Waals surface area contributed by atoms with Crippen molar-refractivity contribution in [1.82, 2.24) is 5.32 Å². The van der Waals surface area contributed by atoms with E-state index in [1.54, 1.807) is 0 Å². The van der Waals surface area contributed by atoms with Crippen LogP contribution in [-0.2, 0) is 9.84 Å². The van der Waals surface area contributed by atoms with E-state index >= 15 is 0 Å². The molecule has 0 radical (unpaired) electrons. The van der Waals surface area contributed by atoms with Gasteiger partial charge in [0.15, 0.2) is 9.84 Å². The van der Waals surface area contributed by atoms with Gasteiger partial charge in [-0.05, 0) is 31.1 Å². The van der Waals surface area contributed by atoms with Crippen molar-refractivity contribution in [2.75, 3.05) is 18.1 Å². The zero-order valence-corrected chi connectivity index (χ0v) is 10.3. The van der Waals surface area contributed by atoms with E-state index in [-0.39, 0.29) is 6.04 Å². The minimum atomic E-state index is -2.75. The first-order valence-electron chi connectivity index (χ1n) is 5.93. The number of sulfone groups is 1. The second-order valence-electron chi connectivity index (χ2n) is 5.50. The Hall–Kier alpha value is -0.0900. The molecule has 0 bridgehead atoms. The van der Waals surface area contributed by atoms with Gasteiger partial charge in [0.25, 0.3) is 0 Å². The molecule has 1 aliphatic heterocycles. The third-order valence-electron chi connectivity index (χ3n) is 3.84. The van der Waals surface area contributed by atoms with Crippen LogP contribution in [0.15, 0.2) is 0 Å². The molecule has 1 N–H and O–H groups in total. The van der Waals surface area contributed by atoms with E-state index in [2.05, 4.69) is 12.2 Å².